The molecule has 32 heavy (non-hydrogen) atoms. The molecule has 3 aromatic rings. The van der Waals surface area contributed by atoms with Gasteiger partial charge in [0.15, 0.2) is 0 Å². The summed E-state index contributed by atoms with van der Waals surface area (Å²) in [6.45, 7) is 7.24. The maximum absolute atomic E-state index is 13.6. The van der Waals surface area contributed by atoms with E-state index in [0.717, 1.165) is 40.9 Å². The Balaban J connectivity index is 1.64. The van der Waals surface area contributed by atoms with E-state index >= 15 is 0 Å². The zero-order valence-corrected chi connectivity index (χ0v) is 17.6. The fraction of sp³-hybridized carbons (Fsp3) is 0.160. The lowest BCUT2D eigenvalue weighted by Crippen LogP contribution is -2.29. The van der Waals surface area contributed by atoms with Crippen LogP contribution in [0, 0.1) is 18.3 Å². The number of halogens is 2. The van der Waals surface area contributed by atoms with E-state index in [0.29, 0.717) is 10.7 Å². The third-order valence-electron chi connectivity index (χ3n) is 6.09. The summed E-state index contributed by atoms with van der Waals surface area (Å²) in [4.78, 5) is 14.8. The van der Waals surface area contributed by atoms with Crippen LogP contribution in [-0.4, -0.2) is 16.8 Å². The van der Waals surface area contributed by atoms with Crippen LogP contribution in [0.4, 0.5) is 15.8 Å². The predicted molar refractivity (Wildman–Crippen MR) is 121 cm³/mol. The molecular weight excluding hydrogens is 429 g/mol. The lowest BCUT2D eigenvalue weighted by Gasteiger charge is -2.31. The van der Waals surface area contributed by atoms with Crippen LogP contribution in [0.1, 0.15) is 39.5 Å². The third kappa shape index (κ3) is 3.31. The Hall–Kier alpha value is -3.69. The SMILES string of the molecule is [C-]#[N+]c1ccc(N2N=C3c4ccc(C(=O)O)cc4CCC3C2c2ccc(F)cc2)cc1Cl. The van der Waals surface area contributed by atoms with Crippen LogP contribution in [0.25, 0.3) is 4.85 Å². The number of hydrogen-bond donors (Lipinski definition) is 1. The Morgan fingerprint density at radius 3 is 2.62 bits per heavy atom. The van der Waals surface area contributed by atoms with E-state index in [1.165, 1.54) is 12.1 Å². The molecule has 0 saturated carbocycles. The molecule has 0 saturated heterocycles. The van der Waals surface area contributed by atoms with E-state index in [-0.39, 0.29) is 23.3 Å². The van der Waals surface area contributed by atoms with Gasteiger partial charge in [0, 0.05) is 16.5 Å². The Kier molecular flexibility index (Phi) is 4.91. The number of carboxylic acid groups (broad SMARTS) is 1. The summed E-state index contributed by atoms with van der Waals surface area (Å²) in [7, 11) is 0. The molecule has 2 atom stereocenters. The second-order valence-corrected chi connectivity index (χ2v) is 8.30. The van der Waals surface area contributed by atoms with Crippen LogP contribution in [-0.2, 0) is 6.42 Å². The van der Waals surface area contributed by atoms with E-state index in [1.807, 2.05) is 17.1 Å². The number of benzene rings is 3. The Bertz CT molecular complexity index is 1310. The average molecular weight is 446 g/mol. The highest BCUT2D eigenvalue weighted by molar-refractivity contribution is 6.33. The summed E-state index contributed by atoms with van der Waals surface area (Å²) in [6, 6.07) is 16.6. The van der Waals surface area contributed by atoms with Crippen LogP contribution < -0.4 is 5.01 Å². The molecule has 3 aromatic carbocycles. The number of fused-ring (bicyclic) bond motifs is 3. The maximum Gasteiger partial charge on any atom is 0.335 e. The van der Waals surface area contributed by atoms with Crippen molar-refractivity contribution in [2.75, 3.05) is 5.01 Å². The first-order chi connectivity index (χ1) is 15.5. The summed E-state index contributed by atoms with van der Waals surface area (Å²) in [5, 5.41) is 16.5. The van der Waals surface area contributed by atoms with Crippen molar-refractivity contribution < 1.29 is 14.3 Å². The first-order valence-corrected chi connectivity index (χ1v) is 10.5. The summed E-state index contributed by atoms with van der Waals surface area (Å²) in [5.41, 5.74) is 5.06. The first-order valence-electron chi connectivity index (χ1n) is 10.1. The van der Waals surface area contributed by atoms with Crippen LogP contribution in [0.3, 0.4) is 0 Å². The minimum atomic E-state index is -0.955. The molecule has 0 spiro atoms. The fourth-order valence-corrected chi connectivity index (χ4v) is 4.81. The van der Waals surface area contributed by atoms with Gasteiger partial charge in [0.1, 0.15) is 5.82 Å². The number of rotatable bonds is 3. The highest BCUT2D eigenvalue weighted by Crippen LogP contribution is 2.46. The number of aryl methyl sites for hydroxylation is 1. The van der Waals surface area contributed by atoms with Crippen molar-refractivity contribution in [2.45, 2.75) is 18.9 Å². The third-order valence-corrected chi connectivity index (χ3v) is 6.39. The summed E-state index contributed by atoms with van der Waals surface area (Å²) >= 11 is 6.31. The van der Waals surface area contributed by atoms with Crippen molar-refractivity contribution in [1.82, 2.24) is 0 Å². The lowest BCUT2D eigenvalue weighted by atomic mass is 9.77. The molecule has 7 heteroatoms. The van der Waals surface area contributed by atoms with Gasteiger partial charge in [-0.2, -0.15) is 5.10 Å². The lowest BCUT2D eigenvalue weighted by molar-refractivity contribution is 0.0696. The monoisotopic (exact) mass is 445 g/mol. The fourth-order valence-electron chi connectivity index (χ4n) is 4.60. The van der Waals surface area contributed by atoms with Gasteiger partial charge in [-0.1, -0.05) is 35.9 Å². The average Bonchev–Trinajstić information content (AvgIpc) is 3.19. The second-order valence-electron chi connectivity index (χ2n) is 7.90. The van der Waals surface area contributed by atoms with E-state index in [2.05, 4.69) is 4.85 Å². The zero-order valence-electron chi connectivity index (χ0n) is 16.8. The van der Waals surface area contributed by atoms with Gasteiger partial charge in [0.2, 0.25) is 5.69 Å². The van der Waals surface area contributed by atoms with Gasteiger partial charge in [0.05, 0.1) is 29.6 Å². The molecule has 1 aliphatic heterocycles. The normalized spacial score (nSPS) is 19.0. The van der Waals surface area contributed by atoms with E-state index in [9.17, 15) is 14.3 Å². The number of anilines is 1. The van der Waals surface area contributed by atoms with Crippen molar-refractivity contribution in [3.8, 4) is 0 Å². The van der Waals surface area contributed by atoms with Gasteiger partial charge in [0.25, 0.3) is 0 Å². The number of carbonyl (C=O) groups is 1. The van der Waals surface area contributed by atoms with Crippen molar-refractivity contribution >= 4 is 34.7 Å². The molecular formula is C25H17ClFN3O2. The molecule has 2 unspecified atom stereocenters. The quantitative estimate of drug-likeness (QED) is 0.484. The van der Waals surface area contributed by atoms with E-state index in [4.69, 9.17) is 23.3 Å². The number of aromatic carboxylic acids is 1. The minimum Gasteiger partial charge on any atom is -0.478 e. The van der Waals surface area contributed by atoms with Gasteiger partial charge < -0.3 is 5.11 Å². The predicted octanol–water partition coefficient (Wildman–Crippen LogP) is 6.26. The molecule has 0 fully saturated rings. The molecule has 0 amide bonds. The van der Waals surface area contributed by atoms with Gasteiger partial charge in [-0.25, -0.2) is 14.0 Å². The highest BCUT2D eigenvalue weighted by Gasteiger charge is 2.42. The molecule has 1 heterocycles. The number of nitrogens with zero attached hydrogens (tertiary/aromatic N) is 3. The minimum absolute atomic E-state index is 0.0444. The van der Waals surface area contributed by atoms with E-state index < -0.39 is 5.97 Å². The molecule has 5 nitrogen and oxygen atoms in total. The van der Waals surface area contributed by atoms with Gasteiger partial charge in [-0.05, 0) is 60.4 Å². The highest BCUT2D eigenvalue weighted by atomic mass is 35.5. The molecule has 2 aliphatic rings. The summed E-state index contributed by atoms with van der Waals surface area (Å²) in [6.07, 6.45) is 1.50. The molecule has 158 valence electrons. The molecule has 1 aliphatic carbocycles. The number of hydrogen-bond acceptors (Lipinski definition) is 3. The van der Waals surface area contributed by atoms with Crippen molar-refractivity contribution in [1.29, 1.82) is 0 Å². The standard InChI is InChI=1S/C25H17ClFN3O2/c1-28-22-11-8-18(13-21(22)26)30-24(14-2-6-17(27)7-3-14)20-10-4-15-12-16(25(31)32)5-9-19(15)23(20)29-30/h2-3,5-9,11-13,20,24H,4,10H2,(H,31,32). The maximum atomic E-state index is 13.6. The number of hydrazone groups is 1. The van der Waals surface area contributed by atoms with Crippen molar-refractivity contribution in [3.05, 3.63) is 105 Å². The molecule has 0 radical (unpaired) electrons. The van der Waals surface area contributed by atoms with Crippen LogP contribution in [0.5, 0.6) is 0 Å². The van der Waals surface area contributed by atoms with Crippen LogP contribution in [0.2, 0.25) is 5.02 Å². The van der Waals surface area contributed by atoms with E-state index in [1.54, 1.807) is 36.4 Å². The topological polar surface area (TPSA) is 57.3 Å². The molecule has 0 aromatic heterocycles. The Morgan fingerprint density at radius 2 is 1.94 bits per heavy atom. The van der Waals surface area contributed by atoms with Crippen molar-refractivity contribution in [3.63, 3.8) is 0 Å². The van der Waals surface area contributed by atoms with Crippen LogP contribution in [0.15, 0.2) is 65.8 Å². The smallest absolute Gasteiger partial charge is 0.335 e. The zero-order chi connectivity index (χ0) is 22.4. The summed E-state index contributed by atoms with van der Waals surface area (Å²) in [5.74, 6) is -1.22. The second kappa shape index (κ2) is 7.77. The van der Waals surface area contributed by atoms with Gasteiger partial charge in [-0.15, -0.1) is 0 Å². The summed E-state index contributed by atoms with van der Waals surface area (Å²) < 4.78 is 13.6. The van der Waals surface area contributed by atoms with Gasteiger partial charge >= 0.3 is 5.97 Å². The van der Waals surface area contributed by atoms with Crippen LogP contribution >= 0.6 is 11.6 Å². The Morgan fingerprint density at radius 1 is 1.16 bits per heavy atom. The van der Waals surface area contributed by atoms with Gasteiger partial charge in [-0.3, -0.25) is 5.01 Å². The molecule has 5 rings (SSSR count). The molecule has 0 bridgehead atoms. The van der Waals surface area contributed by atoms with Crippen molar-refractivity contribution in [2.24, 2.45) is 11.0 Å². The molecule has 1 N–H and O–H groups in total. The first kappa shape index (κ1) is 20.2. The number of carboxylic acids is 1. The Labute approximate surface area is 189 Å². The largest absolute Gasteiger partial charge is 0.478 e.